The number of amides is 1. The second-order valence-electron chi connectivity index (χ2n) is 7.88. The summed E-state index contributed by atoms with van der Waals surface area (Å²) in [6.07, 6.45) is 4.93. The van der Waals surface area contributed by atoms with Gasteiger partial charge in [0.2, 0.25) is 5.91 Å². The summed E-state index contributed by atoms with van der Waals surface area (Å²) in [6, 6.07) is 7.64. The number of hydrogen-bond acceptors (Lipinski definition) is 5. The highest BCUT2D eigenvalue weighted by atomic mass is 32.2. The highest BCUT2D eigenvalue weighted by Crippen LogP contribution is 2.32. The molecule has 0 bridgehead atoms. The summed E-state index contributed by atoms with van der Waals surface area (Å²) >= 11 is 1.32. The first-order valence-electron chi connectivity index (χ1n) is 9.27. The molecule has 0 radical (unpaired) electrons. The van der Waals surface area contributed by atoms with E-state index in [1.165, 1.54) is 17.5 Å². The molecule has 2 heterocycles. The van der Waals surface area contributed by atoms with E-state index >= 15 is 0 Å². The third kappa shape index (κ3) is 3.74. The summed E-state index contributed by atoms with van der Waals surface area (Å²) in [4.78, 5) is 16.9. The molecule has 1 amide bonds. The zero-order valence-electron chi connectivity index (χ0n) is 15.9. The van der Waals surface area contributed by atoms with Crippen LogP contribution < -0.4 is 5.32 Å². The molecule has 0 saturated heterocycles. The van der Waals surface area contributed by atoms with E-state index in [-0.39, 0.29) is 23.2 Å². The van der Waals surface area contributed by atoms with Crippen LogP contribution in [0.2, 0.25) is 0 Å². The maximum absolute atomic E-state index is 12.5. The molecule has 3 aromatic rings. The first-order chi connectivity index (χ1) is 12.9. The van der Waals surface area contributed by atoms with Crippen LogP contribution in [0.25, 0.3) is 11.1 Å². The molecule has 1 aliphatic carbocycles. The number of carbonyl (C=O) groups excluding carboxylic acids is 1. The maximum atomic E-state index is 12.5. The number of fused-ring (bicyclic) bond motifs is 2. The van der Waals surface area contributed by atoms with Crippen molar-refractivity contribution in [1.82, 2.24) is 20.1 Å². The van der Waals surface area contributed by atoms with Gasteiger partial charge < -0.3 is 9.73 Å². The molecule has 142 valence electrons. The van der Waals surface area contributed by atoms with Crippen molar-refractivity contribution in [3.05, 3.63) is 41.7 Å². The molecular formula is C20H24N4O2S. The van der Waals surface area contributed by atoms with Gasteiger partial charge in [-0.25, -0.2) is 4.98 Å². The Hall–Kier alpha value is -2.28. The molecule has 1 aliphatic rings. The molecular weight excluding hydrogens is 360 g/mol. The van der Waals surface area contributed by atoms with E-state index in [0.717, 1.165) is 35.9 Å². The van der Waals surface area contributed by atoms with E-state index in [0.29, 0.717) is 5.22 Å². The molecule has 1 unspecified atom stereocenters. The van der Waals surface area contributed by atoms with Gasteiger partial charge in [0, 0.05) is 11.3 Å². The van der Waals surface area contributed by atoms with Crippen LogP contribution in [0, 0.1) is 0 Å². The number of benzene rings is 1. The van der Waals surface area contributed by atoms with E-state index in [1.807, 2.05) is 30.5 Å². The monoisotopic (exact) mass is 384 g/mol. The average molecular weight is 385 g/mol. The van der Waals surface area contributed by atoms with Crippen LogP contribution in [-0.2, 0) is 16.8 Å². The normalized spacial score (nSPS) is 17.1. The van der Waals surface area contributed by atoms with Crippen molar-refractivity contribution in [2.75, 3.05) is 5.75 Å². The largest absolute Gasteiger partial charge is 0.431 e. The van der Waals surface area contributed by atoms with Crippen LogP contribution >= 0.6 is 11.8 Å². The maximum Gasteiger partial charge on any atom is 0.257 e. The molecule has 7 heteroatoms. The van der Waals surface area contributed by atoms with Gasteiger partial charge in [-0.1, -0.05) is 23.9 Å². The number of hydrogen-bond donors (Lipinski definition) is 1. The van der Waals surface area contributed by atoms with Crippen LogP contribution in [0.15, 0.2) is 40.1 Å². The van der Waals surface area contributed by atoms with Crippen molar-refractivity contribution in [2.24, 2.45) is 0 Å². The SMILES string of the molecule is CC(C)(C)n1ncc2c1CCCC2NC(=O)CSc1nc2ccccc2o1. The number of para-hydroxylation sites is 2. The summed E-state index contributed by atoms with van der Waals surface area (Å²) in [7, 11) is 0. The van der Waals surface area contributed by atoms with Crippen LogP contribution in [0.4, 0.5) is 0 Å². The van der Waals surface area contributed by atoms with Crippen molar-refractivity contribution >= 4 is 28.8 Å². The lowest BCUT2D eigenvalue weighted by atomic mass is 9.92. The predicted molar refractivity (Wildman–Crippen MR) is 106 cm³/mol. The summed E-state index contributed by atoms with van der Waals surface area (Å²) in [5.41, 5.74) is 3.89. The van der Waals surface area contributed by atoms with Crippen LogP contribution in [0.3, 0.4) is 0 Å². The highest BCUT2D eigenvalue weighted by molar-refractivity contribution is 7.99. The average Bonchev–Trinajstić information content (AvgIpc) is 3.24. The molecule has 2 aromatic heterocycles. The molecule has 0 aliphatic heterocycles. The Kier molecular flexibility index (Phi) is 4.72. The zero-order chi connectivity index (χ0) is 19.0. The lowest BCUT2D eigenvalue weighted by molar-refractivity contribution is -0.119. The third-order valence-corrected chi connectivity index (χ3v) is 5.58. The fourth-order valence-electron chi connectivity index (χ4n) is 3.56. The van der Waals surface area contributed by atoms with Gasteiger partial charge in [0.1, 0.15) is 5.52 Å². The Morgan fingerprint density at radius 2 is 2.19 bits per heavy atom. The highest BCUT2D eigenvalue weighted by Gasteiger charge is 2.29. The first kappa shape index (κ1) is 18.1. The van der Waals surface area contributed by atoms with Crippen LogP contribution in [-0.4, -0.2) is 26.4 Å². The van der Waals surface area contributed by atoms with Crippen molar-refractivity contribution in [1.29, 1.82) is 0 Å². The molecule has 1 N–H and O–H groups in total. The summed E-state index contributed by atoms with van der Waals surface area (Å²) in [6.45, 7) is 6.46. The molecule has 0 fully saturated rings. The Morgan fingerprint density at radius 3 is 2.96 bits per heavy atom. The molecule has 1 aromatic carbocycles. The van der Waals surface area contributed by atoms with E-state index in [2.05, 4.69) is 40.9 Å². The minimum atomic E-state index is -0.0533. The first-order valence-corrected chi connectivity index (χ1v) is 10.3. The van der Waals surface area contributed by atoms with Gasteiger partial charge in [-0.3, -0.25) is 9.48 Å². The van der Waals surface area contributed by atoms with E-state index in [1.54, 1.807) is 0 Å². The molecule has 1 atom stereocenters. The molecule has 0 spiro atoms. The van der Waals surface area contributed by atoms with Gasteiger partial charge in [0.05, 0.1) is 23.5 Å². The van der Waals surface area contributed by atoms with Crippen LogP contribution in [0.5, 0.6) is 0 Å². The number of aromatic nitrogens is 3. The number of thioether (sulfide) groups is 1. The Labute approximate surface area is 162 Å². The van der Waals surface area contributed by atoms with E-state index in [9.17, 15) is 4.79 Å². The van der Waals surface area contributed by atoms with Crippen molar-refractivity contribution in [3.63, 3.8) is 0 Å². The summed E-state index contributed by atoms with van der Waals surface area (Å²) in [5, 5.41) is 8.27. The fraction of sp³-hybridized carbons (Fsp3) is 0.450. The number of carbonyl (C=O) groups is 1. The topological polar surface area (TPSA) is 73.0 Å². The minimum Gasteiger partial charge on any atom is -0.431 e. The van der Waals surface area contributed by atoms with Gasteiger partial charge in [-0.15, -0.1) is 0 Å². The molecule has 6 nitrogen and oxygen atoms in total. The van der Waals surface area contributed by atoms with E-state index < -0.39 is 0 Å². The van der Waals surface area contributed by atoms with Crippen molar-refractivity contribution < 1.29 is 9.21 Å². The number of nitrogens with zero attached hydrogens (tertiary/aromatic N) is 3. The molecule has 0 saturated carbocycles. The lowest BCUT2D eigenvalue weighted by Gasteiger charge is -2.28. The van der Waals surface area contributed by atoms with Crippen molar-refractivity contribution in [3.8, 4) is 0 Å². The quantitative estimate of drug-likeness (QED) is 0.687. The third-order valence-electron chi connectivity index (χ3n) is 4.75. The van der Waals surface area contributed by atoms with Gasteiger partial charge in [0.15, 0.2) is 5.58 Å². The Bertz CT molecular complexity index is 937. The number of nitrogens with one attached hydrogen (secondary N) is 1. The minimum absolute atomic E-state index is 0.0105. The van der Waals surface area contributed by atoms with Crippen LogP contribution in [0.1, 0.15) is 50.9 Å². The second kappa shape index (κ2) is 7.03. The second-order valence-corrected chi connectivity index (χ2v) is 8.80. The summed E-state index contributed by atoms with van der Waals surface area (Å²) < 4.78 is 7.75. The Morgan fingerprint density at radius 1 is 1.37 bits per heavy atom. The fourth-order valence-corrected chi connectivity index (χ4v) is 4.21. The van der Waals surface area contributed by atoms with Gasteiger partial charge >= 0.3 is 0 Å². The smallest absolute Gasteiger partial charge is 0.257 e. The standard InChI is InChI=1S/C20H24N4O2S/c1-20(2,3)24-16-9-6-8-14(13(16)11-21-24)22-18(25)12-27-19-23-15-7-4-5-10-17(15)26-19/h4-5,7,10-11,14H,6,8-9,12H2,1-3H3,(H,22,25). The van der Waals surface area contributed by atoms with E-state index in [4.69, 9.17) is 4.42 Å². The number of oxazole rings is 1. The van der Waals surface area contributed by atoms with Gasteiger partial charge in [0.25, 0.3) is 5.22 Å². The predicted octanol–water partition coefficient (Wildman–Crippen LogP) is 4.07. The van der Waals surface area contributed by atoms with Gasteiger partial charge in [-0.2, -0.15) is 5.10 Å². The van der Waals surface area contributed by atoms with Gasteiger partial charge in [-0.05, 0) is 52.2 Å². The van der Waals surface area contributed by atoms with Crippen molar-refractivity contribution in [2.45, 2.75) is 56.8 Å². The molecule has 27 heavy (non-hydrogen) atoms. The molecule has 4 rings (SSSR count). The lowest BCUT2D eigenvalue weighted by Crippen LogP contribution is -2.33. The zero-order valence-corrected chi connectivity index (χ0v) is 16.7. The number of rotatable bonds is 4. The Balaban J connectivity index is 1.41. The summed E-state index contributed by atoms with van der Waals surface area (Å²) in [5.74, 6) is 0.273.